The van der Waals surface area contributed by atoms with E-state index in [4.69, 9.17) is 5.73 Å². The summed E-state index contributed by atoms with van der Waals surface area (Å²) in [5.74, 6) is 0.702. The fourth-order valence-electron chi connectivity index (χ4n) is 1.05. The molecule has 0 bridgehead atoms. The van der Waals surface area contributed by atoms with Crippen molar-refractivity contribution in [3.8, 4) is 11.4 Å². The van der Waals surface area contributed by atoms with Gasteiger partial charge in [-0.2, -0.15) is 5.10 Å². The summed E-state index contributed by atoms with van der Waals surface area (Å²) in [5.41, 5.74) is 7.31. The number of nitrogens with two attached hydrogens (primary N) is 1. The van der Waals surface area contributed by atoms with Gasteiger partial charge in [-0.15, -0.1) is 0 Å². The molecule has 2 aromatic rings. The standard InChI is InChI=1S/C8H8N4/c9-7-4-2-1-3-6(7)8-10-5-11-12-8/h1-5H,9H2,(H,10,11,12). The van der Waals surface area contributed by atoms with Gasteiger partial charge in [0.15, 0.2) is 5.82 Å². The molecule has 0 radical (unpaired) electrons. The summed E-state index contributed by atoms with van der Waals surface area (Å²) in [5, 5.41) is 6.50. The van der Waals surface area contributed by atoms with Crippen molar-refractivity contribution < 1.29 is 0 Å². The van der Waals surface area contributed by atoms with E-state index in [-0.39, 0.29) is 0 Å². The van der Waals surface area contributed by atoms with Crippen molar-refractivity contribution >= 4 is 5.69 Å². The molecule has 2 rings (SSSR count). The molecule has 4 nitrogen and oxygen atoms in total. The van der Waals surface area contributed by atoms with Crippen molar-refractivity contribution in [2.45, 2.75) is 0 Å². The van der Waals surface area contributed by atoms with E-state index in [1.165, 1.54) is 6.33 Å². The van der Waals surface area contributed by atoms with Crippen LogP contribution in [0, 0.1) is 0 Å². The minimum atomic E-state index is 0.702. The SMILES string of the molecule is Nc1ccccc1-c1ncn[nH]1. The summed E-state index contributed by atoms with van der Waals surface area (Å²) >= 11 is 0. The Balaban J connectivity index is 2.55. The minimum absolute atomic E-state index is 0.702. The van der Waals surface area contributed by atoms with Gasteiger partial charge in [-0.05, 0) is 12.1 Å². The maximum Gasteiger partial charge on any atom is 0.157 e. The number of anilines is 1. The van der Waals surface area contributed by atoms with Crippen LogP contribution in [0.2, 0.25) is 0 Å². The Kier molecular flexibility index (Phi) is 1.51. The van der Waals surface area contributed by atoms with Crippen LogP contribution in [0.25, 0.3) is 11.4 Å². The van der Waals surface area contributed by atoms with Gasteiger partial charge in [-0.3, -0.25) is 5.10 Å². The molecule has 0 fully saturated rings. The molecule has 0 saturated heterocycles. The van der Waals surface area contributed by atoms with Gasteiger partial charge in [0.25, 0.3) is 0 Å². The average Bonchev–Trinajstić information content (AvgIpc) is 2.57. The largest absolute Gasteiger partial charge is 0.398 e. The van der Waals surface area contributed by atoms with E-state index in [0.29, 0.717) is 11.5 Å². The molecule has 3 N–H and O–H groups in total. The van der Waals surface area contributed by atoms with Crippen LogP contribution in [0.1, 0.15) is 0 Å². The molecule has 1 heterocycles. The molecule has 4 heteroatoms. The molecule has 0 unspecified atom stereocenters. The Morgan fingerprint density at radius 3 is 2.75 bits per heavy atom. The lowest BCUT2D eigenvalue weighted by molar-refractivity contribution is 1.10. The monoisotopic (exact) mass is 160 g/mol. The fourth-order valence-corrected chi connectivity index (χ4v) is 1.05. The lowest BCUT2D eigenvalue weighted by Gasteiger charge is -1.99. The van der Waals surface area contributed by atoms with E-state index < -0.39 is 0 Å². The summed E-state index contributed by atoms with van der Waals surface area (Å²) < 4.78 is 0. The second-order valence-electron chi connectivity index (χ2n) is 2.42. The molecule has 1 aromatic heterocycles. The average molecular weight is 160 g/mol. The topological polar surface area (TPSA) is 67.6 Å². The molecule has 0 atom stereocenters. The third-order valence-electron chi connectivity index (χ3n) is 1.63. The molecular formula is C8H8N4. The zero-order valence-electron chi connectivity index (χ0n) is 6.36. The number of aromatic amines is 1. The van der Waals surface area contributed by atoms with Gasteiger partial charge in [0.2, 0.25) is 0 Å². The molecule has 0 spiro atoms. The van der Waals surface area contributed by atoms with Crippen LogP contribution in [0.15, 0.2) is 30.6 Å². The van der Waals surface area contributed by atoms with Crippen LogP contribution in [0.4, 0.5) is 5.69 Å². The Labute approximate surface area is 69.4 Å². The van der Waals surface area contributed by atoms with Crippen LogP contribution in [0.5, 0.6) is 0 Å². The number of nitrogens with one attached hydrogen (secondary N) is 1. The van der Waals surface area contributed by atoms with Crippen LogP contribution >= 0.6 is 0 Å². The highest BCUT2D eigenvalue weighted by molar-refractivity contribution is 5.70. The lowest BCUT2D eigenvalue weighted by atomic mass is 10.2. The Hall–Kier alpha value is -1.84. The first-order chi connectivity index (χ1) is 5.88. The van der Waals surface area contributed by atoms with E-state index in [1.807, 2.05) is 24.3 Å². The summed E-state index contributed by atoms with van der Waals surface area (Å²) in [6.07, 6.45) is 1.46. The van der Waals surface area contributed by atoms with Crippen LogP contribution in [-0.2, 0) is 0 Å². The van der Waals surface area contributed by atoms with Gasteiger partial charge in [0.1, 0.15) is 6.33 Å². The first kappa shape index (κ1) is 6.84. The number of nitrogen functional groups attached to an aromatic ring is 1. The summed E-state index contributed by atoms with van der Waals surface area (Å²) in [6.45, 7) is 0. The zero-order chi connectivity index (χ0) is 8.39. The highest BCUT2D eigenvalue weighted by atomic mass is 15.2. The second kappa shape index (κ2) is 2.65. The quantitative estimate of drug-likeness (QED) is 0.613. The molecule has 60 valence electrons. The van der Waals surface area contributed by atoms with Gasteiger partial charge in [0.05, 0.1) is 0 Å². The molecule has 1 aromatic carbocycles. The van der Waals surface area contributed by atoms with Crippen molar-refractivity contribution in [2.24, 2.45) is 0 Å². The van der Waals surface area contributed by atoms with Crippen molar-refractivity contribution in [3.63, 3.8) is 0 Å². The number of hydrogen-bond acceptors (Lipinski definition) is 3. The van der Waals surface area contributed by atoms with Crippen molar-refractivity contribution in [2.75, 3.05) is 5.73 Å². The van der Waals surface area contributed by atoms with Gasteiger partial charge in [-0.1, -0.05) is 12.1 Å². The Morgan fingerprint density at radius 2 is 2.08 bits per heavy atom. The van der Waals surface area contributed by atoms with E-state index in [0.717, 1.165) is 5.56 Å². The molecule has 0 aliphatic heterocycles. The Morgan fingerprint density at radius 1 is 1.25 bits per heavy atom. The number of para-hydroxylation sites is 1. The number of benzene rings is 1. The van der Waals surface area contributed by atoms with Gasteiger partial charge in [0, 0.05) is 11.3 Å². The summed E-state index contributed by atoms with van der Waals surface area (Å²) in [6, 6.07) is 7.52. The van der Waals surface area contributed by atoms with Gasteiger partial charge in [-0.25, -0.2) is 4.98 Å². The van der Waals surface area contributed by atoms with E-state index in [9.17, 15) is 0 Å². The zero-order valence-corrected chi connectivity index (χ0v) is 6.36. The van der Waals surface area contributed by atoms with Crippen molar-refractivity contribution in [3.05, 3.63) is 30.6 Å². The van der Waals surface area contributed by atoms with Gasteiger partial charge >= 0.3 is 0 Å². The first-order valence-corrected chi connectivity index (χ1v) is 3.58. The van der Waals surface area contributed by atoms with Crippen LogP contribution in [-0.4, -0.2) is 15.2 Å². The lowest BCUT2D eigenvalue weighted by Crippen LogP contribution is -1.90. The van der Waals surface area contributed by atoms with Gasteiger partial charge < -0.3 is 5.73 Å². The third-order valence-corrected chi connectivity index (χ3v) is 1.63. The summed E-state index contributed by atoms with van der Waals surface area (Å²) in [7, 11) is 0. The van der Waals surface area contributed by atoms with E-state index in [2.05, 4.69) is 15.2 Å². The molecule has 0 aliphatic rings. The van der Waals surface area contributed by atoms with Crippen molar-refractivity contribution in [1.82, 2.24) is 15.2 Å². The van der Waals surface area contributed by atoms with Crippen molar-refractivity contribution in [1.29, 1.82) is 0 Å². The molecule has 0 saturated carbocycles. The van der Waals surface area contributed by atoms with E-state index >= 15 is 0 Å². The number of H-pyrrole nitrogens is 1. The number of nitrogens with zero attached hydrogens (tertiary/aromatic N) is 2. The number of rotatable bonds is 1. The molecular weight excluding hydrogens is 152 g/mol. The van der Waals surface area contributed by atoms with Crippen LogP contribution in [0.3, 0.4) is 0 Å². The third kappa shape index (κ3) is 1.03. The van der Waals surface area contributed by atoms with Crippen LogP contribution < -0.4 is 5.73 Å². The fraction of sp³-hybridized carbons (Fsp3) is 0. The Bertz CT molecular complexity index is 366. The molecule has 0 amide bonds. The normalized spacial score (nSPS) is 10.0. The number of hydrogen-bond donors (Lipinski definition) is 2. The molecule has 0 aliphatic carbocycles. The first-order valence-electron chi connectivity index (χ1n) is 3.58. The minimum Gasteiger partial charge on any atom is -0.398 e. The summed E-state index contributed by atoms with van der Waals surface area (Å²) in [4.78, 5) is 4.00. The number of aromatic nitrogens is 3. The maximum absolute atomic E-state index is 5.72. The highest BCUT2D eigenvalue weighted by Gasteiger charge is 2.02. The smallest absolute Gasteiger partial charge is 0.157 e. The maximum atomic E-state index is 5.72. The molecule has 12 heavy (non-hydrogen) atoms. The predicted octanol–water partition coefficient (Wildman–Crippen LogP) is 1.05. The van der Waals surface area contributed by atoms with E-state index in [1.54, 1.807) is 0 Å². The predicted molar refractivity (Wildman–Crippen MR) is 46.2 cm³/mol. The second-order valence-corrected chi connectivity index (χ2v) is 2.42. The highest BCUT2D eigenvalue weighted by Crippen LogP contribution is 2.20.